The number of primary amides is 1. The third-order valence-electron chi connectivity index (χ3n) is 4.00. The van der Waals surface area contributed by atoms with Crippen molar-refractivity contribution in [1.29, 1.82) is 5.26 Å². The Bertz CT molecular complexity index is 916. The predicted octanol–water partition coefficient (Wildman–Crippen LogP) is -0.157. The third kappa shape index (κ3) is 5.21. The van der Waals surface area contributed by atoms with Gasteiger partial charge in [-0.3, -0.25) is 23.7 Å². The molecule has 1 fully saturated rings. The maximum atomic E-state index is 11.7. The van der Waals surface area contributed by atoms with Crippen LogP contribution in [0.25, 0.3) is 6.08 Å². The summed E-state index contributed by atoms with van der Waals surface area (Å²) < 4.78 is 22.7. The van der Waals surface area contributed by atoms with Crippen LogP contribution in [0.5, 0.6) is 0 Å². The number of allylic oxidation sites excluding steroid dienone is 1. The first-order chi connectivity index (χ1) is 14.1. The van der Waals surface area contributed by atoms with Gasteiger partial charge in [0.15, 0.2) is 24.1 Å². The molecule has 1 aliphatic heterocycles. The van der Waals surface area contributed by atoms with Crippen LogP contribution in [0, 0.1) is 11.3 Å². The fraction of sp³-hybridized carbons (Fsp3) is 0.444. The van der Waals surface area contributed by atoms with E-state index in [1.165, 1.54) is 23.9 Å². The molecular formula is C18H20N4O8. The third-order valence-corrected chi connectivity index (χ3v) is 4.00. The van der Waals surface area contributed by atoms with Crippen LogP contribution in [-0.4, -0.2) is 58.3 Å². The first-order valence-corrected chi connectivity index (χ1v) is 8.71. The molecule has 2 heterocycles. The molecule has 2 N–H and O–H groups in total. The van der Waals surface area contributed by atoms with Crippen LogP contribution in [-0.2, 0) is 33.3 Å². The summed E-state index contributed by atoms with van der Waals surface area (Å²) in [5.74, 6) is -2.82. The first-order valence-electron chi connectivity index (χ1n) is 8.71. The van der Waals surface area contributed by atoms with Crippen molar-refractivity contribution in [2.75, 3.05) is 6.61 Å². The maximum Gasteiger partial charge on any atom is 0.303 e. The number of nitrogens with zero attached hydrogens (tertiary/aromatic N) is 3. The Kier molecular flexibility index (Phi) is 7.27. The van der Waals surface area contributed by atoms with Gasteiger partial charge in [-0.05, 0) is 6.08 Å². The summed E-state index contributed by atoms with van der Waals surface area (Å²) >= 11 is 0. The maximum absolute atomic E-state index is 11.7. The number of rotatable bonds is 7. The van der Waals surface area contributed by atoms with E-state index in [0.717, 1.165) is 19.9 Å². The average Bonchev–Trinajstić information content (AvgIpc) is 3.19. The molecule has 1 amide bonds. The van der Waals surface area contributed by atoms with Gasteiger partial charge < -0.3 is 24.7 Å². The average molecular weight is 420 g/mol. The summed E-state index contributed by atoms with van der Waals surface area (Å²) in [6.07, 6.45) is -0.828. The van der Waals surface area contributed by atoms with Gasteiger partial charge in [0.05, 0.1) is 18.1 Å². The minimum atomic E-state index is -1.17. The van der Waals surface area contributed by atoms with Gasteiger partial charge in [0.2, 0.25) is 0 Å². The number of carbonyl (C=O) groups excluding carboxylic acids is 4. The zero-order chi connectivity index (χ0) is 22.4. The highest BCUT2D eigenvalue weighted by Gasteiger charge is 2.51. The van der Waals surface area contributed by atoms with Gasteiger partial charge in [-0.1, -0.05) is 0 Å². The van der Waals surface area contributed by atoms with Gasteiger partial charge in [0.1, 0.15) is 12.7 Å². The second kappa shape index (κ2) is 9.66. The normalized spacial score (nSPS) is 23.0. The molecule has 1 aliphatic rings. The fourth-order valence-corrected chi connectivity index (χ4v) is 2.96. The molecule has 160 valence electrons. The minimum absolute atomic E-state index is 0.112. The van der Waals surface area contributed by atoms with Crippen molar-refractivity contribution in [3.63, 3.8) is 0 Å². The molecule has 0 spiro atoms. The van der Waals surface area contributed by atoms with Crippen molar-refractivity contribution < 1.29 is 38.1 Å². The molecule has 30 heavy (non-hydrogen) atoms. The van der Waals surface area contributed by atoms with Gasteiger partial charge in [-0.25, -0.2) is 4.98 Å². The van der Waals surface area contributed by atoms with Gasteiger partial charge in [0.25, 0.3) is 5.91 Å². The highest BCUT2D eigenvalue weighted by Crippen LogP contribution is 2.36. The van der Waals surface area contributed by atoms with Crippen LogP contribution >= 0.6 is 0 Å². The van der Waals surface area contributed by atoms with Crippen molar-refractivity contribution >= 4 is 29.9 Å². The lowest BCUT2D eigenvalue weighted by Gasteiger charge is -2.24. The second-order valence-corrected chi connectivity index (χ2v) is 6.23. The van der Waals surface area contributed by atoms with Gasteiger partial charge in [0, 0.05) is 26.8 Å². The lowest BCUT2D eigenvalue weighted by Crippen LogP contribution is -2.40. The Balaban J connectivity index is 2.53. The molecule has 4 atom stereocenters. The molecule has 0 bridgehead atoms. The van der Waals surface area contributed by atoms with Crippen molar-refractivity contribution in [3.05, 3.63) is 23.8 Å². The molecule has 0 unspecified atom stereocenters. The van der Waals surface area contributed by atoms with Crippen LogP contribution in [0.1, 0.15) is 43.2 Å². The summed E-state index contributed by atoms with van der Waals surface area (Å²) in [5, 5.41) is 8.84. The van der Waals surface area contributed by atoms with Crippen molar-refractivity contribution in [2.45, 2.75) is 45.3 Å². The second-order valence-electron chi connectivity index (χ2n) is 6.23. The number of nitrogens with two attached hydrogens (primary N) is 1. The lowest BCUT2D eigenvalue weighted by molar-refractivity contribution is -0.166. The number of aromatic nitrogens is 2. The summed E-state index contributed by atoms with van der Waals surface area (Å²) in [5.41, 5.74) is 5.29. The van der Waals surface area contributed by atoms with E-state index in [1.807, 2.05) is 0 Å². The number of imidazole rings is 1. The Hall–Kier alpha value is -3.72. The van der Waals surface area contributed by atoms with E-state index in [4.69, 9.17) is 29.9 Å². The smallest absolute Gasteiger partial charge is 0.303 e. The number of esters is 3. The van der Waals surface area contributed by atoms with Crippen LogP contribution in [0.3, 0.4) is 0 Å². The zero-order valence-corrected chi connectivity index (χ0v) is 16.4. The van der Waals surface area contributed by atoms with E-state index in [2.05, 4.69) is 4.98 Å². The highest BCUT2D eigenvalue weighted by molar-refractivity contribution is 5.94. The molecule has 1 aromatic rings. The van der Waals surface area contributed by atoms with Crippen molar-refractivity contribution in [3.8, 4) is 6.07 Å². The summed E-state index contributed by atoms with van der Waals surface area (Å²) in [6.45, 7) is 3.21. The van der Waals surface area contributed by atoms with Gasteiger partial charge in [-0.15, -0.1) is 0 Å². The lowest BCUT2D eigenvalue weighted by atomic mass is 10.1. The van der Waals surface area contributed by atoms with Crippen LogP contribution in [0.4, 0.5) is 0 Å². The van der Waals surface area contributed by atoms with E-state index >= 15 is 0 Å². The molecule has 12 nitrogen and oxygen atoms in total. The number of ether oxygens (including phenoxy) is 4. The monoisotopic (exact) mass is 420 g/mol. The largest absolute Gasteiger partial charge is 0.463 e. The molecule has 0 saturated carbocycles. The standard InChI is InChI=1S/C18H20N4O8/c1-9(23)27-7-13-15(28-10(2)24)16(29-11(3)25)18(30-13)22-8-21-14(17(20)26)12(22)5-4-6-19/h4-5,8,13,15-16,18H,7H2,1-3H3,(H2,20,26)/b5-4-/t13-,15-,16-,18-/m1/s1. The quantitative estimate of drug-likeness (QED) is 0.355. The number of hydrogen-bond acceptors (Lipinski definition) is 10. The van der Waals surface area contributed by atoms with Gasteiger partial charge >= 0.3 is 17.9 Å². The Morgan fingerprint density at radius 3 is 2.37 bits per heavy atom. The van der Waals surface area contributed by atoms with Gasteiger partial charge in [-0.2, -0.15) is 5.26 Å². The molecule has 0 aliphatic carbocycles. The predicted molar refractivity (Wildman–Crippen MR) is 97.0 cm³/mol. The van der Waals surface area contributed by atoms with Crippen LogP contribution in [0.2, 0.25) is 0 Å². The highest BCUT2D eigenvalue weighted by atomic mass is 16.7. The van der Waals surface area contributed by atoms with E-state index in [1.54, 1.807) is 6.07 Å². The van der Waals surface area contributed by atoms with Crippen LogP contribution in [0.15, 0.2) is 12.4 Å². The SMILES string of the molecule is CC(=O)OC[C@H]1O[C@@H](n2cnc(C(N)=O)c2/C=C\C#N)[C@H](OC(C)=O)[C@@H]1OC(C)=O. The number of amides is 1. The van der Waals surface area contributed by atoms with Crippen molar-refractivity contribution in [2.24, 2.45) is 5.73 Å². The molecule has 0 radical (unpaired) electrons. The molecule has 0 aromatic carbocycles. The number of carbonyl (C=O) groups is 4. The van der Waals surface area contributed by atoms with E-state index in [0.29, 0.717) is 0 Å². The number of hydrogen-bond donors (Lipinski definition) is 1. The minimum Gasteiger partial charge on any atom is -0.463 e. The van der Waals surface area contributed by atoms with Crippen LogP contribution < -0.4 is 5.73 Å². The Morgan fingerprint density at radius 1 is 1.20 bits per heavy atom. The molecule has 1 saturated heterocycles. The van der Waals surface area contributed by atoms with E-state index in [-0.39, 0.29) is 18.0 Å². The fourth-order valence-electron chi connectivity index (χ4n) is 2.96. The van der Waals surface area contributed by atoms with E-state index < -0.39 is 48.4 Å². The molecular weight excluding hydrogens is 400 g/mol. The topological polar surface area (TPSA) is 173 Å². The number of nitriles is 1. The Morgan fingerprint density at radius 2 is 1.83 bits per heavy atom. The Labute approximate surface area is 171 Å². The first kappa shape index (κ1) is 22.6. The summed E-state index contributed by atoms with van der Waals surface area (Å²) in [7, 11) is 0. The summed E-state index contributed by atoms with van der Waals surface area (Å²) in [4.78, 5) is 50.1. The van der Waals surface area contributed by atoms with E-state index in [9.17, 15) is 19.2 Å². The molecule has 1 aromatic heterocycles. The summed E-state index contributed by atoms with van der Waals surface area (Å²) in [6, 6.07) is 1.78. The molecule has 12 heteroatoms. The van der Waals surface area contributed by atoms with Crippen molar-refractivity contribution in [1.82, 2.24) is 9.55 Å². The molecule has 2 rings (SSSR count). The zero-order valence-electron chi connectivity index (χ0n) is 16.4.